The first kappa shape index (κ1) is 70.2. The minimum atomic E-state index is -4.38. The number of phosphoric ester groups is 1. The largest absolute Gasteiger partial charge is 0.472 e. The molecule has 2 unspecified atom stereocenters. The summed E-state index contributed by atoms with van der Waals surface area (Å²) < 4.78 is 34.6. The Balaban J connectivity index is 4.11. The number of hydrogen-bond donors (Lipinski definition) is 1. The fraction of sp³-hybridized carbons (Fsp3) is 0.871. The third-order valence-electron chi connectivity index (χ3n) is 13.7. The molecular weight excluding hydrogens is 918 g/mol. The molecule has 1 N–H and O–H groups in total. The van der Waals surface area contributed by atoms with Crippen molar-refractivity contribution in [3.8, 4) is 0 Å². The SMILES string of the molecule is CCCCCCC/C=C\C/C=C\C/C=C\CCCCCCCCCCCCCCC(=O)OC(COC(=O)CCCCCCCCCCCCCCCCCCCCCCC)COP(=O)(O)OCC[N+](C)(C)C. The van der Waals surface area contributed by atoms with E-state index >= 15 is 0 Å². The van der Waals surface area contributed by atoms with Crippen LogP contribution in [0.5, 0.6) is 0 Å². The molecule has 0 fully saturated rings. The van der Waals surface area contributed by atoms with Gasteiger partial charge in [0.2, 0.25) is 0 Å². The number of carbonyl (C=O) groups is 2. The van der Waals surface area contributed by atoms with Crippen LogP contribution in [0, 0.1) is 0 Å². The van der Waals surface area contributed by atoms with Crippen LogP contribution in [0.25, 0.3) is 0 Å². The van der Waals surface area contributed by atoms with Crippen LogP contribution in [-0.2, 0) is 32.7 Å². The number of quaternary nitrogens is 1. The molecule has 0 spiro atoms. The first-order valence-corrected chi connectivity index (χ1v) is 32.2. The second kappa shape index (κ2) is 54.0. The Hall–Kier alpha value is -1.77. The Morgan fingerprint density at radius 1 is 0.431 bits per heavy atom. The van der Waals surface area contributed by atoms with E-state index in [1.807, 2.05) is 21.1 Å². The Labute approximate surface area is 446 Å². The van der Waals surface area contributed by atoms with Gasteiger partial charge in [0.15, 0.2) is 6.10 Å². The highest BCUT2D eigenvalue weighted by Crippen LogP contribution is 2.43. The van der Waals surface area contributed by atoms with Crippen molar-refractivity contribution in [1.29, 1.82) is 0 Å². The zero-order chi connectivity index (χ0) is 52.7. The van der Waals surface area contributed by atoms with Gasteiger partial charge in [-0.25, -0.2) is 4.57 Å². The lowest BCUT2D eigenvalue weighted by atomic mass is 10.0. The molecule has 0 aromatic heterocycles. The van der Waals surface area contributed by atoms with Crippen LogP contribution in [0.2, 0.25) is 0 Å². The van der Waals surface area contributed by atoms with E-state index in [0.29, 0.717) is 23.9 Å². The summed E-state index contributed by atoms with van der Waals surface area (Å²) in [5.41, 5.74) is 0. The van der Waals surface area contributed by atoms with Crippen LogP contribution < -0.4 is 0 Å². The lowest BCUT2D eigenvalue weighted by molar-refractivity contribution is -0.870. The lowest BCUT2D eigenvalue weighted by Gasteiger charge is -2.24. The fourth-order valence-corrected chi connectivity index (χ4v) is 9.65. The average molecular weight is 1040 g/mol. The molecule has 0 amide bonds. The van der Waals surface area contributed by atoms with E-state index < -0.39 is 26.5 Å². The van der Waals surface area contributed by atoms with Crippen LogP contribution in [0.1, 0.15) is 296 Å². The van der Waals surface area contributed by atoms with Crippen LogP contribution in [-0.4, -0.2) is 74.9 Å². The Morgan fingerprint density at radius 3 is 1.11 bits per heavy atom. The predicted molar refractivity (Wildman–Crippen MR) is 307 cm³/mol. The van der Waals surface area contributed by atoms with E-state index in [1.165, 1.54) is 218 Å². The summed E-state index contributed by atoms with van der Waals surface area (Å²) in [5, 5.41) is 0. The molecule has 2 atom stereocenters. The zero-order valence-electron chi connectivity index (χ0n) is 48.2. The quantitative estimate of drug-likeness (QED) is 0.0211. The van der Waals surface area contributed by atoms with Gasteiger partial charge in [-0.15, -0.1) is 0 Å². The molecule has 0 bridgehead atoms. The standard InChI is InChI=1S/C62H118NO8P/c1-6-8-10-12-14-16-18-20-22-24-26-28-29-30-31-32-33-35-37-39-41-43-45-47-49-51-53-55-62(65)71-60(59-70-72(66,67)69-57-56-63(3,4)5)58-68-61(64)54-52-50-48-46-44-42-40-38-36-34-27-25-23-21-19-17-15-13-11-9-7-2/h18,20,24,26,29-30,60H,6-17,19,21-23,25,27-28,31-59H2,1-5H3/p+1/b20-18-,26-24-,30-29-. The van der Waals surface area contributed by atoms with Gasteiger partial charge >= 0.3 is 19.8 Å². The number of unbranched alkanes of at least 4 members (excludes halogenated alkanes) is 37. The topological polar surface area (TPSA) is 108 Å². The summed E-state index contributed by atoms with van der Waals surface area (Å²) in [6.07, 6.45) is 66.4. The second-order valence-corrected chi connectivity index (χ2v) is 23.6. The molecule has 0 aromatic carbocycles. The maximum absolute atomic E-state index is 12.8. The maximum atomic E-state index is 12.8. The Morgan fingerprint density at radius 2 is 0.750 bits per heavy atom. The molecule has 10 heteroatoms. The summed E-state index contributed by atoms with van der Waals surface area (Å²) in [7, 11) is 1.49. The fourth-order valence-electron chi connectivity index (χ4n) is 8.91. The number of allylic oxidation sites excluding steroid dienone is 6. The highest BCUT2D eigenvalue weighted by atomic mass is 31.2. The summed E-state index contributed by atoms with van der Waals surface area (Å²) >= 11 is 0. The number of carbonyl (C=O) groups excluding carboxylic acids is 2. The molecule has 0 radical (unpaired) electrons. The number of nitrogens with zero attached hydrogens (tertiary/aromatic N) is 1. The number of ether oxygens (including phenoxy) is 2. The van der Waals surface area contributed by atoms with E-state index in [2.05, 4.69) is 50.3 Å². The molecule has 0 aliphatic heterocycles. The van der Waals surface area contributed by atoms with Gasteiger partial charge in [-0.2, -0.15) is 0 Å². The number of rotatable bonds is 57. The van der Waals surface area contributed by atoms with Crippen molar-refractivity contribution in [2.24, 2.45) is 0 Å². The van der Waals surface area contributed by atoms with Crippen molar-refractivity contribution >= 4 is 19.8 Å². The number of esters is 2. The van der Waals surface area contributed by atoms with Gasteiger partial charge in [-0.1, -0.05) is 269 Å². The highest BCUT2D eigenvalue weighted by Gasteiger charge is 2.27. The first-order chi connectivity index (χ1) is 35.0. The third kappa shape index (κ3) is 57.5. The van der Waals surface area contributed by atoms with E-state index in [1.54, 1.807) is 0 Å². The summed E-state index contributed by atoms with van der Waals surface area (Å²) in [6.45, 7) is 4.47. The normalized spacial score (nSPS) is 13.5. The lowest BCUT2D eigenvalue weighted by Crippen LogP contribution is -2.37. The van der Waals surface area contributed by atoms with Crippen molar-refractivity contribution in [3.05, 3.63) is 36.5 Å². The minimum Gasteiger partial charge on any atom is -0.462 e. The molecular formula is C62H119NO8P+. The van der Waals surface area contributed by atoms with E-state index in [9.17, 15) is 19.0 Å². The monoisotopic (exact) mass is 1040 g/mol. The number of phosphoric acid groups is 1. The van der Waals surface area contributed by atoms with Gasteiger partial charge in [0.25, 0.3) is 0 Å². The van der Waals surface area contributed by atoms with Gasteiger partial charge in [-0.3, -0.25) is 18.6 Å². The molecule has 0 aliphatic rings. The van der Waals surface area contributed by atoms with Gasteiger partial charge in [0.1, 0.15) is 19.8 Å². The molecule has 0 saturated carbocycles. The Bertz CT molecular complexity index is 1310. The Kier molecular flexibility index (Phi) is 52.7. The van der Waals surface area contributed by atoms with E-state index in [0.717, 1.165) is 44.9 Å². The molecule has 0 aromatic rings. The van der Waals surface area contributed by atoms with Gasteiger partial charge < -0.3 is 18.9 Å². The number of hydrogen-bond acceptors (Lipinski definition) is 7. The van der Waals surface area contributed by atoms with E-state index in [4.69, 9.17) is 18.5 Å². The van der Waals surface area contributed by atoms with Gasteiger partial charge in [0.05, 0.1) is 27.7 Å². The highest BCUT2D eigenvalue weighted by molar-refractivity contribution is 7.47. The summed E-state index contributed by atoms with van der Waals surface area (Å²) in [5.74, 6) is -0.784. The van der Waals surface area contributed by atoms with Crippen LogP contribution in [0.4, 0.5) is 0 Å². The van der Waals surface area contributed by atoms with E-state index in [-0.39, 0.29) is 25.6 Å². The average Bonchev–Trinajstić information content (AvgIpc) is 3.34. The van der Waals surface area contributed by atoms with Gasteiger partial charge in [0, 0.05) is 12.8 Å². The zero-order valence-corrected chi connectivity index (χ0v) is 49.1. The van der Waals surface area contributed by atoms with Crippen molar-refractivity contribution in [2.45, 2.75) is 302 Å². The molecule has 9 nitrogen and oxygen atoms in total. The minimum absolute atomic E-state index is 0.0332. The van der Waals surface area contributed by atoms with Crippen molar-refractivity contribution in [3.63, 3.8) is 0 Å². The summed E-state index contributed by atoms with van der Waals surface area (Å²) in [6, 6.07) is 0. The van der Waals surface area contributed by atoms with Crippen molar-refractivity contribution in [2.75, 3.05) is 47.5 Å². The molecule has 72 heavy (non-hydrogen) atoms. The second-order valence-electron chi connectivity index (χ2n) is 22.1. The molecule has 0 heterocycles. The first-order valence-electron chi connectivity index (χ1n) is 30.7. The molecule has 0 saturated heterocycles. The smallest absolute Gasteiger partial charge is 0.462 e. The number of likely N-dealkylation sites (N-methyl/N-ethyl adjacent to an activating group) is 1. The van der Waals surface area contributed by atoms with Crippen LogP contribution >= 0.6 is 7.82 Å². The molecule has 0 aliphatic carbocycles. The van der Waals surface area contributed by atoms with Gasteiger partial charge in [-0.05, 0) is 51.4 Å². The third-order valence-corrected chi connectivity index (χ3v) is 14.7. The predicted octanol–water partition coefficient (Wildman–Crippen LogP) is 19.2. The maximum Gasteiger partial charge on any atom is 0.472 e. The molecule has 0 rings (SSSR count). The van der Waals surface area contributed by atoms with Crippen molar-refractivity contribution in [1.82, 2.24) is 0 Å². The van der Waals surface area contributed by atoms with Crippen LogP contribution in [0.15, 0.2) is 36.5 Å². The molecule has 424 valence electrons. The summed E-state index contributed by atoms with van der Waals surface area (Å²) in [4.78, 5) is 35.7. The van der Waals surface area contributed by atoms with Crippen LogP contribution in [0.3, 0.4) is 0 Å². The van der Waals surface area contributed by atoms with Crippen molar-refractivity contribution < 1.29 is 42.1 Å².